The van der Waals surface area contributed by atoms with Crippen molar-refractivity contribution in [2.75, 3.05) is 13.4 Å². The molecule has 5 heteroatoms. The maximum atomic E-state index is 13.1. The maximum Gasteiger partial charge on any atom is 0.254 e. The summed E-state index contributed by atoms with van der Waals surface area (Å²) in [5, 5.41) is 0. The molecular formula is C20H21NO4. The molecule has 130 valence electrons. The minimum Gasteiger partial charge on any atom is -0.493 e. The molecule has 4 rings (SSSR count). The van der Waals surface area contributed by atoms with Crippen molar-refractivity contribution in [3.05, 3.63) is 53.1 Å². The van der Waals surface area contributed by atoms with Crippen LogP contribution in [0.1, 0.15) is 35.3 Å². The maximum absolute atomic E-state index is 13.1. The van der Waals surface area contributed by atoms with Crippen LogP contribution >= 0.6 is 0 Å². The fourth-order valence-electron chi connectivity index (χ4n) is 3.27. The second kappa shape index (κ2) is 6.31. The molecule has 2 aromatic carbocycles. The highest BCUT2D eigenvalue weighted by Gasteiger charge is 2.25. The summed E-state index contributed by atoms with van der Waals surface area (Å²) >= 11 is 0. The van der Waals surface area contributed by atoms with Gasteiger partial charge in [0.1, 0.15) is 5.75 Å². The zero-order chi connectivity index (χ0) is 17.4. The molecule has 2 aliphatic heterocycles. The quantitative estimate of drug-likeness (QED) is 0.857. The molecule has 0 radical (unpaired) electrons. The fourth-order valence-corrected chi connectivity index (χ4v) is 3.27. The highest BCUT2D eigenvalue weighted by molar-refractivity contribution is 5.95. The van der Waals surface area contributed by atoms with Crippen LogP contribution in [0.4, 0.5) is 0 Å². The number of fused-ring (bicyclic) bond motifs is 2. The number of carbonyl (C=O) groups excluding carboxylic acids is 1. The lowest BCUT2D eigenvalue weighted by Crippen LogP contribution is -2.36. The van der Waals surface area contributed by atoms with E-state index < -0.39 is 0 Å². The van der Waals surface area contributed by atoms with E-state index in [1.807, 2.05) is 55.1 Å². The average molecular weight is 339 g/mol. The standard InChI is InChI=1S/C20H21NO4/c1-13(2)21(11-16-4-3-5-18-19(16)25-12-24-18)20(22)15-6-7-17-14(10-15)8-9-23-17/h3-7,10,13H,8-9,11-12H2,1-2H3. The Kier molecular flexibility index (Phi) is 3.99. The van der Waals surface area contributed by atoms with Gasteiger partial charge >= 0.3 is 0 Å². The molecule has 0 N–H and O–H groups in total. The van der Waals surface area contributed by atoms with Gasteiger partial charge in [-0.1, -0.05) is 12.1 Å². The smallest absolute Gasteiger partial charge is 0.254 e. The van der Waals surface area contributed by atoms with Gasteiger partial charge in [0.2, 0.25) is 6.79 Å². The Balaban J connectivity index is 1.61. The zero-order valence-corrected chi connectivity index (χ0v) is 14.5. The first kappa shape index (κ1) is 15.8. The van der Waals surface area contributed by atoms with Crippen LogP contribution in [-0.2, 0) is 13.0 Å². The summed E-state index contributed by atoms with van der Waals surface area (Å²) in [5.74, 6) is 2.38. The molecule has 0 unspecified atom stereocenters. The van der Waals surface area contributed by atoms with Crippen LogP contribution in [0.25, 0.3) is 0 Å². The lowest BCUT2D eigenvalue weighted by atomic mass is 10.1. The summed E-state index contributed by atoms with van der Waals surface area (Å²) in [7, 11) is 0. The van der Waals surface area contributed by atoms with Crippen LogP contribution in [0.2, 0.25) is 0 Å². The van der Waals surface area contributed by atoms with Crippen molar-refractivity contribution in [2.24, 2.45) is 0 Å². The molecule has 2 aliphatic rings. The molecule has 0 aromatic heterocycles. The first-order valence-electron chi connectivity index (χ1n) is 8.57. The third-order valence-electron chi connectivity index (χ3n) is 4.64. The molecule has 0 aliphatic carbocycles. The molecular weight excluding hydrogens is 318 g/mol. The van der Waals surface area contributed by atoms with E-state index in [1.54, 1.807) is 0 Å². The van der Waals surface area contributed by atoms with Crippen molar-refractivity contribution in [3.8, 4) is 17.2 Å². The minimum atomic E-state index is 0.0150. The van der Waals surface area contributed by atoms with Gasteiger partial charge in [0.05, 0.1) is 13.2 Å². The van der Waals surface area contributed by atoms with Gasteiger partial charge in [-0.3, -0.25) is 4.79 Å². The van der Waals surface area contributed by atoms with Gasteiger partial charge in [-0.15, -0.1) is 0 Å². The van der Waals surface area contributed by atoms with Gasteiger partial charge in [0.15, 0.2) is 11.5 Å². The highest BCUT2D eigenvalue weighted by Crippen LogP contribution is 2.36. The molecule has 0 atom stereocenters. The lowest BCUT2D eigenvalue weighted by Gasteiger charge is -2.27. The van der Waals surface area contributed by atoms with E-state index in [9.17, 15) is 4.79 Å². The Morgan fingerprint density at radius 3 is 2.84 bits per heavy atom. The number of rotatable bonds is 4. The molecule has 0 saturated carbocycles. The zero-order valence-electron chi connectivity index (χ0n) is 14.5. The van der Waals surface area contributed by atoms with Gasteiger partial charge in [-0.25, -0.2) is 0 Å². The predicted octanol–water partition coefficient (Wildman–Crippen LogP) is 3.40. The van der Waals surface area contributed by atoms with Gasteiger partial charge < -0.3 is 19.1 Å². The number of carbonyl (C=O) groups is 1. The highest BCUT2D eigenvalue weighted by atomic mass is 16.7. The molecule has 0 fully saturated rings. The number of hydrogen-bond donors (Lipinski definition) is 0. The summed E-state index contributed by atoms with van der Waals surface area (Å²) in [6.45, 7) is 5.45. The van der Waals surface area contributed by atoms with Crippen molar-refractivity contribution in [1.82, 2.24) is 4.90 Å². The first-order valence-corrected chi connectivity index (χ1v) is 8.57. The summed E-state index contributed by atoms with van der Waals surface area (Å²) in [6.07, 6.45) is 0.857. The van der Waals surface area contributed by atoms with E-state index in [1.165, 1.54) is 0 Å². The van der Waals surface area contributed by atoms with E-state index in [0.717, 1.165) is 34.8 Å². The molecule has 0 bridgehead atoms. The van der Waals surface area contributed by atoms with Crippen molar-refractivity contribution in [1.29, 1.82) is 0 Å². The second-order valence-electron chi connectivity index (χ2n) is 6.60. The minimum absolute atomic E-state index is 0.0150. The normalized spacial score (nSPS) is 14.4. The molecule has 2 heterocycles. The summed E-state index contributed by atoms with van der Waals surface area (Å²) in [5.41, 5.74) is 2.76. The summed E-state index contributed by atoms with van der Waals surface area (Å²) in [4.78, 5) is 15.0. The van der Waals surface area contributed by atoms with Crippen LogP contribution in [0.5, 0.6) is 17.2 Å². The van der Waals surface area contributed by atoms with Crippen LogP contribution in [0.3, 0.4) is 0 Å². The Bertz CT molecular complexity index is 815. The molecule has 0 saturated heterocycles. The van der Waals surface area contributed by atoms with Gasteiger partial charge in [-0.2, -0.15) is 0 Å². The van der Waals surface area contributed by atoms with E-state index in [0.29, 0.717) is 18.7 Å². The largest absolute Gasteiger partial charge is 0.493 e. The lowest BCUT2D eigenvalue weighted by molar-refractivity contribution is 0.0688. The number of amides is 1. The Morgan fingerprint density at radius 1 is 1.12 bits per heavy atom. The van der Waals surface area contributed by atoms with Crippen molar-refractivity contribution in [2.45, 2.75) is 32.9 Å². The van der Waals surface area contributed by atoms with Gasteiger partial charge in [-0.05, 0) is 43.7 Å². The second-order valence-corrected chi connectivity index (χ2v) is 6.60. The number of hydrogen-bond acceptors (Lipinski definition) is 4. The first-order chi connectivity index (χ1) is 12.1. The Hall–Kier alpha value is -2.69. The van der Waals surface area contributed by atoms with E-state index in [-0.39, 0.29) is 18.7 Å². The third kappa shape index (κ3) is 2.90. The van der Waals surface area contributed by atoms with Crippen LogP contribution in [0.15, 0.2) is 36.4 Å². The van der Waals surface area contributed by atoms with Gasteiger partial charge in [0.25, 0.3) is 5.91 Å². The monoisotopic (exact) mass is 339 g/mol. The number of benzene rings is 2. The van der Waals surface area contributed by atoms with Crippen LogP contribution in [-0.4, -0.2) is 30.2 Å². The number of para-hydroxylation sites is 1. The fraction of sp³-hybridized carbons (Fsp3) is 0.350. The van der Waals surface area contributed by atoms with Gasteiger partial charge in [0, 0.05) is 23.6 Å². The Labute approximate surface area is 147 Å². The Morgan fingerprint density at radius 2 is 2.00 bits per heavy atom. The van der Waals surface area contributed by atoms with E-state index >= 15 is 0 Å². The summed E-state index contributed by atoms with van der Waals surface area (Å²) in [6, 6.07) is 11.5. The molecule has 0 spiro atoms. The topological polar surface area (TPSA) is 48.0 Å². The van der Waals surface area contributed by atoms with Crippen molar-refractivity contribution in [3.63, 3.8) is 0 Å². The van der Waals surface area contributed by atoms with E-state index in [4.69, 9.17) is 14.2 Å². The SMILES string of the molecule is CC(C)N(Cc1cccc2c1OCO2)C(=O)c1ccc2c(c1)CCO2. The van der Waals surface area contributed by atoms with E-state index in [2.05, 4.69) is 0 Å². The van der Waals surface area contributed by atoms with Crippen LogP contribution < -0.4 is 14.2 Å². The number of ether oxygens (including phenoxy) is 3. The van der Waals surface area contributed by atoms with Crippen molar-refractivity contribution >= 4 is 5.91 Å². The van der Waals surface area contributed by atoms with Crippen LogP contribution in [0, 0.1) is 0 Å². The molecule has 5 nitrogen and oxygen atoms in total. The molecule has 25 heavy (non-hydrogen) atoms. The van der Waals surface area contributed by atoms with Crippen molar-refractivity contribution < 1.29 is 19.0 Å². The average Bonchev–Trinajstić information content (AvgIpc) is 3.27. The summed E-state index contributed by atoms with van der Waals surface area (Å²) < 4.78 is 16.5. The molecule has 2 aromatic rings. The molecule has 1 amide bonds. The third-order valence-corrected chi connectivity index (χ3v) is 4.64. The number of nitrogens with zero attached hydrogens (tertiary/aromatic N) is 1. The predicted molar refractivity (Wildman–Crippen MR) is 93.2 cm³/mol.